The molecule has 0 aliphatic rings. The maximum atomic E-state index is 10.9. The zero-order valence-corrected chi connectivity index (χ0v) is 14.5. The van der Waals surface area contributed by atoms with Gasteiger partial charge in [-0.1, -0.05) is 54.6 Å². The highest BCUT2D eigenvalue weighted by atomic mass is 16.4. The minimum Gasteiger partial charge on any atom is -0.481 e. The van der Waals surface area contributed by atoms with E-state index in [0.717, 1.165) is 12.8 Å². The maximum absolute atomic E-state index is 10.9. The molecule has 0 spiro atoms. The molecule has 3 heteroatoms. The van der Waals surface area contributed by atoms with Gasteiger partial charge in [0.1, 0.15) is 0 Å². The summed E-state index contributed by atoms with van der Waals surface area (Å²) in [5, 5.41) is 12.6. The molecule has 2 unspecified atom stereocenters. The number of carboxylic acid groups (broad SMARTS) is 1. The van der Waals surface area contributed by atoms with E-state index in [1.54, 1.807) is 0 Å². The van der Waals surface area contributed by atoms with Crippen molar-refractivity contribution in [2.75, 3.05) is 0 Å². The predicted molar refractivity (Wildman–Crippen MR) is 98.3 cm³/mol. The molecule has 0 aromatic heterocycles. The predicted octanol–water partition coefficient (Wildman–Crippen LogP) is 3.99. The van der Waals surface area contributed by atoms with Gasteiger partial charge in [-0.15, -0.1) is 0 Å². The van der Waals surface area contributed by atoms with Crippen LogP contribution in [0.15, 0.2) is 54.6 Å². The van der Waals surface area contributed by atoms with Crippen LogP contribution < -0.4 is 5.32 Å². The summed E-state index contributed by atoms with van der Waals surface area (Å²) in [5.74, 6) is -0.735. The van der Waals surface area contributed by atoms with Crippen LogP contribution in [0, 0.1) is 6.92 Å². The van der Waals surface area contributed by atoms with E-state index in [9.17, 15) is 4.79 Å². The van der Waals surface area contributed by atoms with Crippen molar-refractivity contribution in [3.05, 3.63) is 71.3 Å². The fourth-order valence-electron chi connectivity index (χ4n) is 3.07. The first-order valence-corrected chi connectivity index (χ1v) is 8.61. The van der Waals surface area contributed by atoms with Gasteiger partial charge in [0, 0.05) is 18.5 Å². The largest absolute Gasteiger partial charge is 0.481 e. The molecule has 2 N–H and O–H groups in total. The number of benzene rings is 2. The minimum absolute atomic E-state index is 0.169. The van der Waals surface area contributed by atoms with Crippen molar-refractivity contribution in [2.45, 2.75) is 51.6 Å². The highest BCUT2D eigenvalue weighted by Gasteiger charge is 2.15. The smallest absolute Gasteiger partial charge is 0.303 e. The summed E-state index contributed by atoms with van der Waals surface area (Å²) in [6, 6.07) is 19.2. The normalized spacial score (nSPS) is 13.4. The summed E-state index contributed by atoms with van der Waals surface area (Å²) in [6.45, 7) is 4.30. The van der Waals surface area contributed by atoms with Crippen LogP contribution in [0.25, 0.3) is 0 Å². The number of carboxylic acids is 1. The monoisotopic (exact) mass is 325 g/mol. The van der Waals surface area contributed by atoms with Gasteiger partial charge in [0.25, 0.3) is 0 Å². The van der Waals surface area contributed by atoms with Crippen LogP contribution in [0.4, 0.5) is 0 Å². The van der Waals surface area contributed by atoms with E-state index in [0.29, 0.717) is 12.5 Å². The van der Waals surface area contributed by atoms with E-state index in [4.69, 9.17) is 5.11 Å². The Labute approximate surface area is 144 Å². The first-order chi connectivity index (χ1) is 11.5. The highest BCUT2D eigenvalue weighted by molar-refractivity contribution is 5.66. The van der Waals surface area contributed by atoms with E-state index >= 15 is 0 Å². The van der Waals surface area contributed by atoms with Crippen molar-refractivity contribution >= 4 is 5.97 Å². The zero-order chi connectivity index (χ0) is 17.4. The first kappa shape index (κ1) is 18.2. The second kappa shape index (κ2) is 9.24. The van der Waals surface area contributed by atoms with Crippen molar-refractivity contribution in [3.63, 3.8) is 0 Å². The van der Waals surface area contributed by atoms with E-state index in [1.165, 1.54) is 16.7 Å². The fourth-order valence-corrected chi connectivity index (χ4v) is 3.07. The van der Waals surface area contributed by atoms with E-state index in [1.807, 2.05) is 18.2 Å². The summed E-state index contributed by atoms with van der Waals surface area (Å²) < 4.78 is 0. The lowest BCUT2D eigenvalue weighted by molar-refractivity contribution is -0.137. The molecule has 0 heterocycles. The average molecular weight is 325 g/mol. The van der Waals surface area contributed by atoms with Gasteiger partial charge >= 0.3 is 5.97 Å². The Morgan fingerprint density at radius 1 is 1.04 bits per heavy atom. The number of aryl methyl sites for hydroxylation is 1. The van der Waals surface area contributed by atoms with Crippen LogP contribution in [-0.4, -0.2) is 23.2 Å². The molecule has 0 bridgehead atoms. The average Bonchev–Trinajstić information content (AvgIpc) is 2.56. The van der Waals surface area contributed by atoms with E-state index in [-0.39, 0.29) is 12.5 Å². The van der Waals surface area contributed by atoms with Crippen molar-refractivity contribution in [1.82, 2.24) is 5.32 Å². The van der Waals surface area contributed by atoms with Crippen molar-refractivity contribution in [1.29, 1.82) is 0 Å². The standard InChI is InChI=1S/C21H27NO2/c1-16-8-6-7-11-19(16)14-17(2)22-20(12-13-21(23)24)15-18-9-4-3-5-10-18/h3-11,17,20,22H,12-15H2,1-2H3,(H,23,24). The molecule has 0 saturated carbocycles. The number of rotatable bonds is 9. The van der Waals surface area contributed by atoms with Crippen LogP contribution in [0.3, 0.4) is 0 Å². The molecule has 0 fully saturated rings. The summed E-state index contributed by atoms with van der Waals surface area (Å²) in [5.41, 5.74) is 3.88. The molecule has 2 aromatic rings. The molecule has 0 aliphatic carbocycles. The van der Waals surface area contributed by atoms with Gasteiger partial charge in [-0.2, -0.15) is 0 Å². The molecule has 3 nitrogen and oxygen atoms in total. The molecule has 128 valence electrons. The quantitative estimate of drug-likeness (QED) is 0.733. The Kier molecular flexibility index (Phi) is 7.01. The van der Waals surface area contributed by atoms with Gasteiger partial charge in [0.15, 0.2) is 0 Å². The van der Waals surface area contributed by atoms with Gasteiger partial charge in [-0.3, -0.25) is 4.79 Å². The Morgan fingerprint density at radius 2 is 1.71 bits per heavy atom. The number of hydrogen-bond acceptors (Lipinski definition) is 2. The van der Waals surface area contributed by atoms with E-state index in [2.05, 4.69) is 55.6 Å². The molecule has 0 saturated heterocycles. The van der Waals surface area contributed by atoms with Crippen molar-refractivity contribution in [3.8, 4) is 0 Å². The topological polar surface area (TPSA) is 49.3 Å². The SMILES string of the molecule is Cc1ccccc1CC(C)NC(CCC(=O)O)Cc1ccccc1. The van der Waals surface area contributed by atoms with Crippen LogP contribution >= 0.6 is 0 Å². The lowest BCUT2D eigenvalue weighted by Crippen LogP contribution is -2.39. The first-order valence-electron chi connectivity index (χ1n) is 8.61. The minimum atomic E-state index is -0.735. The Hall–Kier alpha value is -2.13. The number of nitrogens with one attached hydrogen (secondary N) is 1. The van der Waals surface area contributed by atoms with Gasteiger partial charge < -0.3 is 10.4 Å². The summed E-state index contributed by atoms with van der Waals surface area (Å²) in [4.78, 5) is 10.9. The van der Waals surface area contributed by atoms with Crippen molar-refractivity contribution in [2.24, 2.45) is 0 Å². The number of aliphatic carboxylic acids is 1. The van der Waals surface area contributed by atoms with Crippen molar-refractivity contribution < 1.29 is 9.90 Å². The summed E-state index contributed by atoms with van der Waals surface area (Å²) >= 11 is 0. The third-order valence-corrected chi connectivity index (χ3v) is 4.34. The van der Waals surface area contributed by atoms with Gasteiger partial charge in [-0.25, -0.2) is 0 Å². The van der Waals surface area contributed by atoms with Gasteiger partial charge in [0.05, 0.1) is 0 Å². The van der Waals surface area contributed by atoms with Crippen LogP contribution in [0.1, 0.15) is 36.5 Å². The Balaban J connectivity index is 1.98. The zero-order valence-electron chi connectivity index (χ0n) is 14.5. The Morgan fingerprint density at radius 3 is 2.38 bits per heavy atom. The van der Waals surface area contributed by atoms with Crippen LogP contribution in [0.2, 0.25) is 0 Å². The lowest BCUT2D eigenvalue weighted by atomic mass is 9.98. The summed E-state index contributed by atoms with van der Waals surface area (Å²) in [7, 11) is 0. The second-order valence-electron chi connectivity index (χ2n) is 6.52. The second-order valence-corrected chi connectivity index (χ2v) is 6.52. The maximum Gasteiger partial charge on any atom is 0.303 e. The van der Waals surface area contributed by atoms with Crippen LogP contribution in [-0.2, 0) is 17.6 Å². The molecular formula is C21H27NO2. The molecule has 0 aliphatic heterocycles. The van der Waals surface area contributed by atoms with Gasteiger partial charge in [-0.05, 0) is 49.8 Å². The molecule has 2 atom stereocenters. The molecule has 0 amide bonds. The molecule has 2 rings (SSSR count). The van der Waals surface area contributed by atoms with Crippen LogP contribution in [0.5, 0.6) is 0 Å². The Bertz CT molecular complexity index is 639. The summed E-state index contributed by atoms with van der Waals surface area (Å²) in [6.07, 6.45) is 2.64. The molecule has 0 radical (unpaired) electrons. The highest BCUT2D eigenvalue weighted by Crippen LogP contribution is 2.13. The lowest BCUT2D eigenvalue weighted by Gasteiger charge is -2.24. The number of carbonyl (C=O) groups is 1. The third-order valence-electron chi connectivity index (χ3n) is 4.34. The fraction of sp³-hybridized carbons (Fsp3) is 0.381. The van der Waals surface area contributed by atoms with Gasteiger partial charge in [0.2, 0.25) is 0 Å². The van der Waals surface area contributed by atoms with E-state index < -0.39 is 5.97 Å². The third kappa shape index (κ3) is 6.17. The molecular weight excluding hydrogens is 298 g/mol. The number of hydrogen-bond donors (Lipinski definition) is 2. The molecule has 2 aromatic carbocycles. The molecule has 24 heavy (non-hydrogen) atoms.